The molecule has 1 aromatic heterocycles. The molecule has 4 heteroatoms. The van der Waals surface area contributed by atoms with Crippen LogP contribution >= 0.6 is 15.9 Å². The zero-order chi connectivity index (χ0) is 13.8. The summed E-state index contributed by atoms with van der Waals surface area (Å²) >= 11 is 3.40. The second-order valence-corrected chi connectivity index (χ2v) is 5.49. The number of rotatable bonds is 4. The lowest BCUT2D eigenvalue weighted by molar-refractivity contribution is 0.215. The molecule has 0 saturated carbocycles. The maximum absolute atomic E-state index is 10.4. The zero-order valence-corrected chi connectivity index (χ0v) is 12.5. The van der Waals surface area contributed by atoms with Crippen LogP contribution in [0, 0.1) is 0 Å². The SMILES string of the molecule is CC(C)Oc1cncc(C(O)c2cccc(Br)c2)c1. The average molecular weight is 322 g/mol. The van der Waals surface area contributed by atoms with E-state index in [1.807, 2.05) is 44.2 Å². The molecule has 1 atom stereocenters. The van der Waals surface area contributed by atoms with Crippen LogP contribution in [0.15, 0.2) is 47.2 Å². The van der Waals surface area contributed by atoms with E-state index in [0.717, 1.165) is 15.6 Å². The Morgan fingerprint density at radius 3 is 2.63 bits per heavy atom. The molecule has 0 radical (unpaired) electrons. The normalized spacial score (nSPS) is 12.5. The second kappa shape index (κ2) is 6.17. The molecular weight excluding hydrogens is 306 g/mol. The molecule has 1 heterocycles. The Kier molecular flexibility index (Phi) is 4.56. The summed E-state index contributed by atoms with van der Waals surface area (Å²) < 4.78 is 6.52. The average Bonchev–Trinajstić information content (AvgIpc) is 2.37. The Hall–Kier alpha value is -1.39. The van der Waals surface area contributed by atoms with Crippen molar-refractivity contribution >= 4 is 15.9 Å². The molecule has 0 aliphatic carbocycles. The van der Waals surface area contributed by atoms with Crippen LogP contribution in [0.25, 0.3) is 0 Å². The monoisotopic (exact) mass is 321 g/mol. The van der Waals surface area contributed by atoms with Crippen molar-refractivity contribution in [2.75, 3.05) is 0 Å². The van der Waals surface area contributed by atoms with E-state index >= 15 is 0 Å². The lowest BCUT2D eigenvalue weighted by atomic mass is 10.0. The molecule has 1 aromatic carbocycles. The topological polar surface area (TPSA) is 42.4 Å². The third-order valence-electron chi connectivity index (χ3n) is 2.59. The number of ether oxygens (including phenoxy) is 1. The van der Waals surface area contributed by atoms with Gasteiger partial charge < -0.3 is 9.84 Å². The Bertz CT molecular complexity index is 557. The molecule has 0 fully saturated rings. The predicted octanol–water partition coefficient (Wildman–Crippen LogP) is 3.71. The number of aromatic nitrogens is 1. The van der Waals surface area contributed by atoms with E-state index < -0.39 is 6.10 Å². The number of benzene rings is 1. The van der Waals surface area contributed by atoms with Crippen LogP contribution in [0.5, 0.6) is 5.75 Å². The summed E-state index contributed by atoms with van der Waals surface area (Å²) in [5, 5.41) is 10.4. The Balaban J connectivity index is 2.26. The molecule has 2 aromatic rings. The number of nitrogens with zero attached hydrogens (tertiary/aromatic N) is 1. The highest BCUT2D eigenvalue weighted by atomic mass is 79.9. The minimum absolute atomic E-state index is 0.0834. The van der Waals surface area contributed by atoms with Crippen LogP contribution in [0.4, 0.5) is 0 Å². The molecule has 100 valence electrons. The van der Waals surface area contributed by atoms with Crippen molar-refractivity contribution in [1.82, 2.24) is 4.98 Å². The first kappa shape index (κ1) is 14.0. The van der Waals surface area contributed by atoms with E-state index in [-0.39, 0.29) is 6.10 Å². The lowest BCUT2D eigenvalue weighted by Gasteiger charge is -2.14. The van der Waals surface area contributed by atoms with Crippen molar-refractivity contribution in [1.29, 1.82) is 0 Å². The van der Waals surface area contributed by atoms with Gasteiger partial charge in [0.25, 0.3) is 0 Å². The molecule has 0 bridgehead atoms. The molecule has 0 aliphatic rings. The van der Waals surface area contributed by atoms with Gasteiger partial charge in [0.15, 0.2) is 0 Å². The maximum Gasteiger partial charge on any atom is 0.138 e. The van der Waals surface area contributed by atoms with Gasteiger partial charge in [0.05, 0.1) is 12.3 Å². The van der Waals surface area contributed by atoms with Gasteiger partial charge in [-0.15, -0.1) is 0 Å². The van der Waals surface area contributed by atoms with Crippen molar-refractivity contribution < 1.29 is 9.84 Å². The van der Waals surface area contributed by atoms with Gasteiger partial charge in [-0.25, -0.2) is 0 Å². The summed E-state index contributed by atoms with van der Waals surface area (Å²) in [6, 6.07) is 9.40. The van der Waals surface area contributed by atoms with E-state index in [1.165, 1.54) is 0 Å². The fourth-order valence-electron chi connectivity index (χ4n) is 1.79. The number of aliphatic hydroxyl groups is 1. The summed E-state index contributed by atoms with van der Waals surface area (Å²) in [4.78, 5) is 4.11. The number of hydrogen-bond acceptors (Lipinski definition) is 3. The van der Waals surface area contributed by atoms with E-state index in [1.54, 1.807) is 12.4 Å². The van der Waals surface area contributed by atoms with Crippen molar-refractivity contribution in [2.24, 2.45) is 0 Å². The molecule has 3 nitrogen and oxygen atoms in total. The standard InChI is InChI=1S/C15H16BrNO2/c1-10(2)19-14-7-12(8-17-9-14)15(18)11-4-3-5-13(16)6-11/h3-10,15,18H,1-2H3. The molecule has 19 heavy (non-hydrogen) atoms. The van der Waals surface area contributed by atoms with Gasteiger partial charge in [0.2, 0.25) is 0 Å². The smallest absolute Gasteiger partial charge is 0.138 e. The lowest BCUT2D eigenvalue weighted by Crippen LogP contribution is -2.07. The number of pyridine rings is 1. The molecule has 0 aliphatic heterocycles. The minimum Gasteiger partial charge on any atom is -0.489 e. The fourth-order valence-corrected chi connectivity index (χ4v) is 2.21. The molecule has 0 spiro atoms. The van der Waals surface area contributed by atoms with Gasteiger partial charge in [0, 0.05) is 16.2 Å². The summed E-state index contributed by atoms with van der Waals surface area (Å²) in [6.07, 6.45) is 2.68. The van der Waals surface area contributed by atoms with E-state index in [0.29, 0.717) is 5.75 Å². The van der Waals surface area contributed by atoms with Gasteiger partial charge in [-0.1, -0.05) is 28.1 Å². The Labute approximate surface area is 121 Å². The fraction of sp³-hybridized carbons (Fsp3) is 0.267. The Morgan fingerprint density at radius 2 is 1.95 bits per heavy atom. The van der Waals surface area contributed by atoms with Crippen molar-refractivity contribution in [3.63, 3.8) is 0 Å². The second-order valence-electron chi connectivity index (χ2n) is 4.58. The third kappa shape index (κ3) is 3.78. The number of hydrogen-bond donors (Lipinski definition) is 1. The Morgan fingerprint density at radius 1 is 1.16 bits per heavy atom. The first-order valence-corrected chi connectivity index (χ1v) is 6.90. The van der Waals surface area contributed by atoms with Crippen LogP contribution in [0.3, 0.4) is 0 Å². The quantitative estimate of drug-likeness (QED) is 0.933. The molecule has 0 saturated heterocycles. The van der Waals surface area contributed by atoms with Crippen molar-refractivity contribution in [2.45, 2.75) is 26.1 Å². The van der Waals surface area contributed by atoms with Crippen LogP contribution < -0.4 is 4.74 Å². The summed E-state index contributed by atoms with van der Waals surface area (Å²) in [5.74, 6) is 0.668. The van der Waals surface area contributed by atoms with Gasteiger partial charge >= 0.3 is 0 Å². The minimum atomic E-state index is -0.708. The van der Waals surface area contributed by atoms with E-state index in [2.05, 4.69) is 20.9 Å². The summed E-state index contributed by atoms with van der Waals surface area (Å²) in [7, 11) is 0. The van der Waals surface area contributed by atoms with Gasteiger partial charge in [-0.05, 0) is 37.6 Å². The van der Waals surface area contributed by atoms with Gasteiger partial charge in [-0.2, -0.15) is 0 Å². The van der Waals surface area contributed by atoms with Crippen LogP contribution in [0.2, 0.25) is 0 Å². The number of aliphatic hydroxyl groups excluding tert-OH is 1. The van der Waals surface area contributed by atoms with Crippen LogP contribution in [-0.4, -0.2) is 16.2 Å². The van der Waals surface area contributed by atoms with Crippen molar-refractivity contribution in [3.8, 4) is 5.75 Å². The molecular formula is C15H16BrNO2. The molecule has 1 unspecified atom stereocenters. The summed E-state index contributed by atoms with van der Waals surface area (Å²) in [5.41, 5.74) is 1.54. The van der Waals surface area contributed by atoms with Crippen molar-refractivity contribution in [3.05, 3.63) is 58.3 Å². The highest BCUT2D eigenvalue weighted by Crippen LogP contribution is 2.26. The zero-order valence-electron chi connectivity index (χ0n) is 10.9. The molecule has 2 rings (SSSR count). The predicted molar refractivity (Wildman–Crippen MR) is 78.2 cm³/mol. The van der Waals surface area contributed by atoms with Crippen LogP contribution in [0.1, 0.15) is 31.1 Å². The summed E-state index contributed by atoms with van der Waals surface area (Å²) in [6.45, 7) is 3.91. The largest absolute Gasteiger partial charge is 0.489 e. The van der Waals surface area contributed by atoms with E-state index in [4.69, 9.17) is 4.74 Å². The molecule has 1 N–H and O–H groups in total. The maximum atomic E-state index is 10.4. The third-order valence-corrected chi connectivity index (χ3v) is 3.08. The van der Waals surface area contributed by atoms with Gasteiger partial charge in [-0.3, -0.25) is 4.98 Å². The van der Waals surface area contributed by atoms with E-state index in [9.17, 15) is 5.11 Å². The first-order valence-electron chi connectivity index (χ1n) is 6.11. The van der Waals surface area contributed by atoms with Gasteiger partial charge in [0.1, 0.15) is 11.9 Å². The number of halogens is 1. The van der Waals surface area contributed by atoms with Crippen LogP contribution in [-0.2, 0) is 0 Å². The first-order chi connectivity index (χ1) is 9.06. The molecule has 0 amide bonds. The highest BCUT2D eigenvalue weighted by molar-refractivity contribution is 9.10. The highest BCUT2D eigenvalue weighted by Gasteiger charge is 2.12.